The third-order valence-electron chi connectivity index (χ3n) is 3.08. The molecular formula is C14H22NO2+. The molecule has 1 aliphatic heterocycles. The molecule has 1 fully saturated rings. The van der Waals surface area contributed by atoms with Gasteiger partial charge in [-0.2, -0.15) is 0 Å². The van der Waals surface area contributed by atoms with Gasteiger partial charge >= 0.3 is 0 Å². The summed E-state index contributed by atoms with van der Waals surface area (Å²) in [5, 5.41) is 0. The van der Waals surface area contributed by atoms with Crippen LogP contribution >= 0.6 is 0 Å². The minimum absolute atomic E-state index is 0.366. The predicted octanol–water partition coefficient (Wildman–Crippen LogP) is 0.757. The van der Waals surface area contributed by atoms with Crippen molar-refractivity contribution < 1.29 is 14.4 Å². The molecule has 0 radical (unpaired) electrons. The number of hydrogen-bond donors (Lipinski definition) is 1. The Morgan fingerprint density at radius 3 is 2.47 bits per heavy atom. The van der Waals surface area contributed by atoms with E-state index in [-0.39, 0.29) is 0 Å². The van der Waals surface area contributed by atoms with Gasteiger partial charge in [-0.1, -0.05) is 18.2 Å². The highest BCUT2D eigenvalue weighted by Gasteiger charge is 2.25. The molecule has 3 heteroatoms. The molecule has 0 bridgehead atoms. The first-order valence-electron chi connectivity index (χ1n) is 6.41. The van der Waals surface area contributed by atoms with Gasteiger partial charge in [-0.05, 0) is 26.0 Å². The van der Waals surface area contributed by atoms with Crippen molar-refractivity contribution in [2.24, 2.45) is 0 Å². The van der Waals surface area contributed by atoms with E-state index in [1.165, 1.54) is 0 Å². The summed E-state index contributed by atoms with van der Waals surface area (Å²) in [5.74, 6) is 0.959. The number of rotatable bonds is 4. The number of para-hydroxylation sites is 1. The maximum atomic E-state index is 5.72. The first kappa shape index (κ1) is 12.4. The summed E-state index contributed by atoms with van der Waals surface area (Å²) in [5.41, 5.74) is 0. The summed E-state index contributed by atoms with van der Waals surface area (Å²) >= 11 is 0. The van der Waals surface area contributed by atoms with Crippen molar-refractivity contribution in [1.29, 1.82) is 0 Å². The van der Waals surface area contributed by atoms with E-state index in [1.54, 1.807) is 4.90 Å². The predicted molar refractivity (Wildman–Crippen MR) is 67.5 cm³/mol. The Bertz CT molecular complexity index is 318. The van der Waals surface area contributed by atoms with Crippen LogP contribution in [0.15, 0.2) is 30.3 Å². The van der Waals surface area contributed by atoms with Gasteiger partial charge in [0.05, 0.1) is 0 Å². The van der Waals surface area contributed by atoms with E-state index in [4.69, 9.17) is 9.47 Å². The van der Waals surface area contributed by atoms with Crippen LogP contribution in [0.1, 0.15) is 13.8 Å². The Morgan fingerprint density at radius 2 is 1.82 bits per heavy atom. The molecular weight excluding hydrogens is 214 g/mol. The fraction of sp³-hybridized carbons (Fsp3) is 0.571. The molecule has 1 N–H and O–H groups in total. The van der Waals surface area contributed by atoms with E-state index in [1.807, 2.05) is 30.3 Å². The molecule has 1 aromatic carbocycles. The molecule has 3 nitrogen and oxygen atoms in total. The van der Waals surface area contributed by atoms with Gasteiger partial charge in [0, 0.05) is 0 Å². The smallest absolute Gasteiger partial charge is 0.137 e. The highest BCUT2D eigenvalue weighted by atomic mass is 16.5. The lowest BCUT2D eigenvalue weighted by Crippen LogP contribution is -3.16. The van der Waals surface area contributed by atoms with E-state index in [0.29, 0.717) is 12.2 Å². The quantitative estimate of drug-likeness (QED) is 0.834. The number of benzene rings is 1. The maximum absolute atomic E-state index is 5.72. The normalized spacial score (nSPS) is 28.9. The van der Waals surface area contributed by atoms with Crippen LogP contribution in [-0.2, 0) is 4.74 Å². The zero-order valence-electron chi connectivity index (χ0n) is 10.7. The number of ether oxygens (including phenoxy) is 2. The summed E-state index contributed by atoms with van der Waals surface area (Å²) in [4.78, 5) is 1.58. The summed E-state index contributed by atoms with van der Waals surface area (Å²) in [6, 6.07) is 10.0. The van der Waals surface area contributed by atoms with Crippen LogP contribution in [-0.4, -0.2) is 38.4 Å². The fourth-order valence-corrected chi connectivity index (χ4v) is 2.42. The second-order valence-electron chi connectivity index (χ2n) is 4.83. The van der Waals surface area contributed by atoms with Crippen molar-refractivity contribution in [1.82, 2.24) is 0 Å². The topological polar surface area (TPSA) is 22.9 Å². The van der Waals surface area contributed by atoms with Crippen molar-refractivity contribution in [2.75, 3.05) is 26.2 Å². The molecule has 17 heavy (non-hydrogen) atoms. The van der Waals surface area contributed by atoms with Gasteiger partial charge in [-0.15, -0.1) is 0 Å². The molecule has 0 saturated carbocycles. The van der Waals surface area contributed by atoms with Crippen LogP contribution in [0.4, 0.5) is 0 Å². The molecule has 1 heterocycles. The van der Waals surface area contributed by atoms with Gasteiger partial charge in [0.15, 0.2) is 0 Å². The van der Waals surface area contributed by atoms with Crippen molar-refractivity contribution in [2.45, 2.75) is 26.1 Å². The molecule has 1 unspecified atom stereocenters. The van der Waals surface area contributed by atoms with Crippen molar-refractivity contribution in [3.63, 3.8) is 0 Å². The molecule has 0 aromatic heterocycles. The van der Waals surface area contributed by atoms with Gasteiger partial charge < -0.3 is 14.4 Å². The summed E-state index contributed by atoms with van der Waals surface area (Å²) in [7, 11) is 0. The first-order valence-corrected chi connectivity index (χ1v) is 6.41. The lowest BCUT2D eigenvalue weighted by atomic mass is 10.2. The molecule has 0 spiro atoms. The van der Waals surface area contributed by atoms with Crippen molar-refractivity contribution in [3.8, 4) is 5.75 Å². The second kappa shape index (κ2) is 6.03. The van der Waals surface area contributed by atoms with Gasteiger partial charge in [-0.3, -0.25) is 0 Å². The van der Waals surface area contributed by atoms with E-state index in [2.05, 4.69) is 13.8 Å². The monoisotopic (exact) mass is 236 g/mol. The first-order chi connectivity index (χ1) is 8.24. The Morgan fingerprint density at radius 1 is 1.18 bits per heavy atom. The Kier molecular flexibility index (Phi) is 4.40. The van der Waals surface area contributed by atoms with E-state index >= 15 is 0 Å². The highest BCUT2D eigenvalue weighted by Crippen LogP contribution is 2.07. The molecule has 0 amide bonds. The maximum Gasteiger partial charge on any atom is 0.137 e. The number of hydrogen-bond acceptors (Lipinski definition) is 2. The number of morpholine rings is 1. The highest BCUT2D eigenvalue weighted by molar-refractivity contribution is 5.20. The van der Waals surface area contributed by atoms with E-state index in [9.17, 15) is 0 Å². The molecule has 0 aliphatic carbocycles. The summed E-state index contributed by atoms with van der Waals surface area (Å²) in [6.07, 6.45) is 0.732. The average molecular weight is 236 g/mol. The lowest BCUT2D eigenvalue weighted by molar-refractivity contribution is -0.915. The molecule has 3 atom stereocenters. The van der Waals surface area contributed by atoms with Crippen LogP contribution in [0.5, 0.6) is 5.75 Å². The van der Waals surface area contributed by atoms with Crippen molar-refractivity contribution >= 4 is 0 Å². The standard InChI is InChI=1S/C14H21NO2/c1-12-10-15(11-13(2)17-12)8-9-16-14-6-4-3-5-7-14/h3-7,12-13H,8-11H2,1-2H3/p+1/t12-,13+. The zero-order valence-corrected chi connectivity index (χ0v) is 10.7. The van der Waals surface area contributed by atoms with Gasteiger partial charge in [0.2, 0.25) is 0 Å². The fourth-order valence-electron chi connectivity index (χ4n) is 2.42. The van der Waals surface area contributed by atoms with Crippen LogP contribution in [0.2, 0.25) is 0 Å². The molecule has 1 aliphatic rings. The average Bonchev–Trinajstić information content (AvgIpc) is 2.29. The third kappa shape index (κ3) is 4.02. The lowest BCUT2D eigenvalue weighted by Gasteiger charge is -2.32. The van der Waals surface area contributed by atoms with E-state index in [0.717, 1.165) is 32.0 Å². The van der Waals surface area contributed by atoms with Crippen molar-refractivity contribution in [3.05, 3.63) is 30.3 Å². The van der Waals surface area contributed by atoms with Crippen LogP contribution in [0.25, 0.3) is 0 Å². The van der Waals surface area contributed by atoms with Crippen LogP contribution in [0.3, 0.4) is 0 Å². The second-order valence-corrected chi connectivity index (χ2v) is 4.83. The summed E-state index contributed by atoms with van der Waals surface area (Å²) < 4.78 is 11.4. The number of nitrogens with one attached hydrogen (secondary N) is 1. The molecule has 94 valence electrons. The summed E-state index contributed by atoms with van der Waals surface area (Å²) in [6.45, 7) is 8.29. The minimum Gasteiger partial charge on any atom is -0.488 e. The van der Waals surface area contributed by atoms with Gasteiger partial charge in [0.25, 0.3) is 0 Å². The Balaban J connectivity index is 1.71. The largest absolute Gasteiger partial charge is 0.488 e. The third-order valence-corrected chi connectivity index (χ3v) is 3.08. The molecule has 1 saturated heterocycles. The van der Waals surface area contributed by atoms with E-state index < -0.39 is 0 Å². The molecule has 1 aromatic rings. The van der Waals surface area contributed by atoms with Crippen LogP contribution in [0, 0.1) is 0 Å². The molecule has 2 rings (SSSR count). The SMILES string of the molecule is C[C@@H]1C[NH+](CCOc2ccccc2)C[C@H](C)O1. The minimum atomic E-state index is 0.366. The van der Waals surface area contributed by atoms with Gasteiger partial charge in [0.1, 0.15) is 44.2 Å². The Hall–Kier alpha value is -1.06. The number of quaternary nitrogens is 1. The van der Waals surface area contributed by atoms with Gasteiger partial charge in [-0.25, -0.2) is 0 Å². The van der Waals surface area contributed by atoms with Crippen LogP contribution < -0.4 is 9.64 Å². The zero-order chi connectivity index (χ0) is 12.1. The Labute approximate surface area is 103 Å².